The molecule has 0 bridgehead atoms. The Hall–Kier alpha value is -4.32. The fourth-order valence-electron chi connectivity index (χ4n) is 4.38. The zero-order valence-electron chi connectivity index (χ0n) is 18.7. The molecule has 4 aromatic carbocycles. The van der Waals surface area contributed by atoms with Crippen molar-refractivity contribution in [1.82, 2.24) is 0 Å². The predicted octanol–water partition coefficient (Wildman–Crippen LogP) is 5.34. The van der Waals surface area contributed by atoms with Crippen molar-refractivity contribution in [3.8, 4) is 11.5 Å². The van der Waals surface area contributed by atoms with Crippen molar-refractivity contribution in [3.63, 3.8) is 0 Å². The number of fused-ring (bicyclic) bond motifs is 3. The fraction of sp³-hybridized carbons (Fsp3) is 0.143. The Morgan fingerprint density at radius 3 is 2.59 bits per heavy atom. The first kappa shape index (κ1) is 21.5. The summed E-state index contributed by atoms with van der Waals surface area (Å²) in [5, 5.41) is 7.95. The van der Waals surface area contributed by atoms with Gasteiger partial charge in [-0.15, -0.1) is 0 Å². The maximum atomic E-state index is 12.6. The van der Waals surface area contributed by atoms with Crippen LogP contribution >= 0.6 is 0 Å². The molecule has 2 amide bonds. The normalized spacial score (nSPS) is 14.7. The third-order valence-corrected chi connectivity index (χ3v) is 6.00. The van der Waals surface area contributed by atoms with Crippen LogP contribution in [0.1, 0.15) is 23.5 Å². The van der Waals surface area contributed by atoms with Crippen molar-refractivity contribution in [2.24, 2.45) is 0 Å². The zero-order valence-corrected chi connectivity index (χ0v) is 18.7. The molecule has 34 heavy (non-hydrogen) atoms. The van der Waals surface area contributed by atoms with Crippen molar-refractivity contribution in [1.29, 1.82) is 0 Å². The first-order valence-electron chi connectivity index (χ1n) is 11.1. The highest BCUT2D eigenvalue weighted by molar-refractivity contribution is 6.06. The third-order valence-electron chi connectivity index (χ3n) is 6.00. The molecule has 6 heteroatoms. The van der Waals surface area contributed by atoms with Crippen LogP contribution in [-0.2, 0) is 9.59 Å². The number of hydrogen-bond acceptors (Lipinski definition) is 4. The van der Waals surface area contributed by atoms with Gasteiger partial charge in [-0.05, 0) is 40.8 Å². The van der Waals surface area contributed by atoms with Crippen molar-refractivity contribution in [2.75, 3.05) is 24.4 Å². The number of para-hydroxylation sites is 1. The van der Waals surface area contributed by atoms with Crippen molar-refractivity contribution >= 4 is 34.0 Å². The summed E-state index contributed by atoms with van der Waals surface area (Å²) in [5.41, 5.74) is 3.58. The number of nitrogens with one attached hydrogen (secondary N) is 2. The lowest BCUT2D eigenvalue weighted by Crippen LogP contribution is -2.24. The van der Waals surface area contributed by atoms with Crippen LogP contribution in [0.15, 0.2) is 84.9 Å². The highest BCUT2D eigenvalue weighted by Gasteiger charge is 2.28. The minimum atomic E-state index is -0.262. The number of amides is 2. The quantitative estimate of drug-likeness (QED) is 0.414. The maximum Gasteiger partial charge on any atom is 0.262 e. The van der Waals surface area contributed by atoms with E-state index in [9.17, 15) is 9.59 Å². The predicted molar refractivity (Wildman–Crippen MR) is 133 cm³/mol. The molecule has 0 radical (unpaired) electrons. The van der Waals surface area contributed by atoms with Gasteiger partial charge in [0.2, 0.25) is 5.91 Å². The van der Waals surface area contributed by atoms with Crippen LogP contribution in [0.2, 0.25) is 0 Å². The van der Waals surface area contributed by atoms with Crippen LogP contribution in [0, 0.1) is 0 Å². The average Bonchev–Trinajstić information content (AvgIpc) is 2.87. The largest absolute Gasteiger partial charge is 0.493 e. The molecule has 1 aliphatic heterocycles. The molecule has 0 aliphatic carbocycles. The SMILES string of the molecule is COc1cc(C2CC(=O)Nc3c2ccc2ccccc32)ccc1OCC(=O)Nc1ccccc1. The molecule has 0 aromatic heterocycles. The average molecular weight is 453 g/mol. The van der Waals surface area contributed by atoms with Crippen molar-refractivity contribution in [3.05, 3.63) is 96.1 Å². The minimum absolute atomic E-state index is 0.0225. The Kier molecular flexibility index (Phi) is 5.87. The van der Waals surface area contributed by atoms with E-state index >= 15 is 0 Å². The number of hydrogen-bond donors (Lipinski definition) is 2. The van der Waals surface area contributed by atoms with Gasteiger partial charge in [0.25, 0.3) is 5.91 Å². The van der Waals surface area contributed by atoms with Crippen LogP contribution in [-0.4, -0.2) is 25.5 Å². The first-order chi connectivity index (χ1) is 16.6. The van der Waals surface area contributed by atoms with E-state index in [2.05, 4.69) is 22.8 Å². The Morgan fingerprint density at radius 1 is 0.971 bits per heavy atom. The van der Waals surface area contributed by atoms with E-state index in [0.717, 1.165) is 27.6 Å². The molecule has 5 rings (SSSR count). The van der Waals surface area contributed by atoms with Crippen LogP contribution in [0.3, 0.4) is 0 Å². The van der Waals surface area contributed by atoms with Crippen LogP contribution in [0.25, 0.3) is 10.8 Å². The van der Waals surface area contributed by atoms with E-state index in [1.54, 1.807) is 13.2 Å². The molecule has 0 fully saturated rings. The molecule has 1 aliphatic rings. The summed E-state index contributed by atoms with van der Waals surface area (Å²) in [4.78, 5) is 24.8. The summed E-state index contributed by atoms with van der Waals surface area (Å²) >= 11 is 0. The second kappa shape index (κ2) is 9.27. The third kappa shape index (κ3) is 4.30. The Bertz CT molecular complexity index is 1370. The molecule has 0 spiro atoms. The van der Waals surface area contributed by atoms with Gasteiger partial charge in [0.05, 0.1) is 12.8 Å². The molecule has 4 aromatic rings. The number of anilines is 2. The Balaban J connectivity index is 1.39. The minimum Gasteiger partial charge on any atom is -0.493 e. The highest BCUT2D eigenvalue weighted by Crippen LogP contribution is 2.42. The summed E-state index contributed by atoms with van der Waals surface area (Å²) in [6.07, 6.45) is 0.341. The summed E-state index contributed by atoms with van der Waals surface area (Å²) in [5.74, 6) is 0.581. The lowest BCUT2D eigenvalue weighted by Gasteiger charge is -2.27. The van der Waals surface area contributed by atoms with Crippen LogP contribution in [0.4, 0.5) is 11.4 Å². The van der Waals surface area contributed by atoms with Gasteiger partial charge >= 0.3 is 0 Å². The first-order valence-corrected chi connectivity index (χ1v) is 11.1. The Labute approximate surface area is 197 Å². The number of rotatable bonds is 6. The molecule has 170 valence electrons. The second-order valence-electron chi connectivity index (χ2n) is 8.17. The molecule has 6 nitrogen and oxygen atoms in total. The van der Waals surface area contributed by atoms with Gasteiger partial charge < -0.3 is 20.1 Å². The number of methoxy groups -OCH3 is 1. The van der Waals surface area contributed by atoms with Gasteiger partial charge in [-0.25, -0.2) is 0 Å². The molecule has 0 saturated heterocycles. The standard InChI is InChI=1S/C28H24N2O4/c1-33-25-15-19(12-14-24(25)34-17-27(32)29-20-8-3-2-4-9-20)23-16-26(31)30-28-21-10-6-5-7-18(21)11-13-22(23)28/h2-15,23H,16-17H2,1H3,(H,29,32)(H,30,31). The van der Waals surface area contributed by atoms with Crippen LogP contribution in [0.5, 0.6) is 11.5 Å². The van der Waals surface area contributed by atoms with E-state index < -0.39 is 0 Å². The molecule has 2 N–H and O–H groups in total. The van der Waals surface area contributed by atoms with E-state index in [0.29, 0.717) is 23.6 Å². The molecular formula is C28H24N2O4. The zero-order chi connectivity index (χ0) is 23.5. The van der Waals surface area contributed by atoms with E-state index in [1.165, 1.54) is 0 Å². The summed E-state index contributed by atoms with van der Waals surface area (Å²) in [6.45, 7) is -0.148. The van der Waals surface area contributed by atoms with Gasteiger partial charge in [-0.2, -0.15) is 0 Å². The number of benzene rings is 4. The maximum absolute atomic E-state index is 12.6. The van der Waals surface area contributed by atoms with Gasteiger partial charge in [-0.3, -0.25) is 9.59 Å². The van der Waals surface area contributed by atoms with Crippen molar-refractivity contribution in [2.45, 2.75) is 12.3 Å². The van der Waals surface area contributed by atoms with Gasteiger partial charge in [0, 0.05) is 23.4 Å². The molecule has 0 saturated carbocycles. The lowest BCUT2D eigenvalue weighted by molar-refractivity contribution is -0.118. The number of ether oxygens (including phenoxy) is 2. The van der Waals surface area contributed by atoms with Gasteiger partial charge in [0.1, 0.15) is 0 Å². The Morgan fingerprint density at radius 2 is 1.76 bits per heavy atom. The summed E-state index contributed by atoms with van der Waals surface area (Å²) < 4.78 is 11.3. The monoisotopic (exact) mass is 452 g/mol. The van der Waals surface area contributed by atoms with E-state index in [1.807, 2.05) is 66.7 Å². The molecule has 1 heterocycles. The number of carbonyl (C=O) groups is 2. The fourth-order valence-corrected chi connectivity index (χ4v) is 4.38. The topological polar surface area (TPSA) is 76.7 Å². The van der Waals surface area contributed by atoms with Gasteiger partial charge in [0.15, 0.2) is 18.1 Å². The highest BCUT2D eigenvalue weighted by atomic mass is 16.5. The van der Waals surface area contributed by atoms with Crippen molar-refractivity contribution < 1.29 is 19.1 Å². The molecule has 1 unspecified atom stereocenters. The summed E-state index contributed by atoms with van der Waals surface area (Å²) in [6, 6.07) is 27.0. The van der Waals surface area contributed by atoms with Crippen LogP contribution < -0.4 is 20.1 Å². The van der Waals surface area contributed by atoms with E-state index in [4.69, 9.17) is 9.47 Å². The smallest absolute Gasteiger partial charge is 0.262 e. The summed E-state index contributed by atoms with van der Waals surface area (Å²) in [7, 11) is 1.56. The van der Waals surface area contributed by atoms with E-state index in [-0.39, 0.29) is 24.3 Å². The molecular weight excluding hydrogens is 428 g/mol. The van der Waals surface area contributed by atoms with Gasteiger partial charge in [-0.1, -0.05) is 60.7 Å². The lowest BCUT2D eigenvalue weighted by atomic mass is 9.83. The molecule has 1 atom stereocenters. The second-order valence-corrected chi connectivity index (χ2v) is 8.17. The number of carbonyl (C=O) groups excluding carboxylic acids is 2.